The zero-order chi connectivity index (χ0) is 20.1. The SMILES string of the molecule is COCc1cc(OC)c(OC)c(Br)c1Cc1cc(OC)c(OC)c(Br)c1Br. The standard InChI is InChI=1S/C19H21Br3O5/c1-23-9-11-8-14(25-3)18(26-4)16(21)12(11)6-10-7-13(24-2)19(27-5)17(22)15(10)20/h7-8H,6,9H2,1-5H3. The van der Waals surface area contributed by atoms with Crippen LogP contribution in [0.25, 0.3) is 0 Å². The third kappa shape index (κ3) is 4.55. The Balaban J connectivity index is 2.64. The summed E-state index contributed by atoms with van der Waals surface area (Å²) in [6, 6.07) is 3.89. The quantitative estimate of drug-likeness (QED) is 0.406. The van der Waals surface area contributed by atoms with E-state index in [9.17, 15) is 0 Å². The van der Waals surface area contributed by atoms with Crippen LogP contribution in [0.4, 0.5) is 0 Å². The zero-order valence-electron chi connectivity index (χ0n) is 15.7. The molecule has 0 spiro atoms. The van der Waals surface area contributed by atoms with Crippen LogP contribution in [0, 0.1) is 0 Å². The predicted octanol–water partition coefficient (Wildman–Crippen LogP) is 5.75. The molecule has 0 aliphatic carbocycles. The number of rotatable bonds is 8. The molecule has 0 heterocycles. The first-order chi connectivity index (χ1) is 12.9. The van der Waals surface area contributed by atoms with E-state index in [4.69, 9.17) is 23.7 Å². The van der Waals surface area contributed by atoms with Crippen molar-refractivity contribution in [3.8, 4) is 23.0 Å². The maximum Gasteiger partial charge on any atom is 0.176 e. The predicted molar refractivity (Wildman–Crippen MR) is 116 cm³/mol. The highest BCUT2D eigenvalue weighted by Gasteiger charge is 2.22. The van der Waals surface area contributed by atoms with Gasteiger partial charge in [-0.05, 0) is 76.6 Å². The molecule has 2 rings (SSSR count). The van der Waals surface area contributed by atoms with Crippen molar-refractivity contribution in [3.63, 3.8) is 0 Å². The Morgan fingerprint density at radius 2 is 1.19 bits per heavy atom. The van der Waals surface area contributed by atoms with Gasteiger partial charge in [0.2, 0.25) is 0 Å². The Labute approximate surface area is 184 Å². The van der Waals surface area contributed by atoms with Crippen LogP contribution >= 0.6 is 47.8 Å². The zero-order valence-corrected chi connectivity index (χ0v) is 20.5. The minimum atomic E-state index is 0.445. The number of halogens is 3. The second kappa shape index (κ2) is 10.0. The first kappa shape index (κ1) is 22.3. The Morgan fingerprint density at radius 3 is 1.67 bits per heavy atom. The van der Waals surface area contributed by atoms with E-state index < -0.39 is 0 Å². The van der Waals surface area contributed by atoms with Crippen molar-refractivity contribution in [2.75, 3.05) is 35.5 Å². The first-order valence-corrected chi connectivity index (χ1v) is 10.3. The summed E-state index contributed by atoms with van der Waals surface area (Å²) in [5, 5.41) is 0. The molecule has 0 unspecified atom stereocenters. The van der Waals surface area contributed by atoms with Crippen LogP contribution < -0.4 is 18.9 Å². The summed E-state index contributed by atoms with van der Waals surface area (Å²) >= 11 is 10.9. The summed E-state index contributed by atoms with van der Waals surface area (Å²) in [5.74, 6) is 2.57. The van der Waals surface area contributed by atoms with Gasteiger partial charge in [-0.15, -0.1) is 0 Å². The largest absolute Gasteiger partial charge is 0.493 e. The number of benzene rings is 2. The maximum atomic E-state index is 5.54. The molecule has 0 radical (unpaired) electrons. The molecule has 0 saturated carbocycles. The van der Waals surface area contributed by atoms with E-state index in [0.29, 0.717) is 36.0 Å². The van der Waals surface area contributed by atoms with Crippen LogP contribution in [-0.4, -0.2) is 35.5 Å². The van der Waals surface area contributed by atoms with Crippen molar-refractivity contribution in [1.29, 1.82) is 0 Å². The van der Waals surface area contributed by atoms with Gasteiger partial charge < -0.3 is 23.7 Å². The Morgan fingerprint density at radius 1 is 0.667 bits per heavy atom. The molecule has 0 saturated heterocycles. The lowest BCUT2D eigenvalue weighted by Gasteiger charge is -2.19. The molecule has 0 aromatic heterocycles. The Kier molecular flexibility index (Phi) is 8.27. The molecule has 0 aliphatic rings. The summed E-state index contributed by atoms with van der Waals surface area (Å²) < 4.78 is 29.8. The van der Waals surface area contributed by atoms with Crippen molar-refractivity contribution in [1.82, 2.24) is 0 Å². The summed E-state index contributed by atoms with van der Waals surface area (Å²) in [5.41, 5.74) is 3.05. The average molecular weight is 569 g/mol. The highest BCUT2D eigenvalue weighted by Crippen LogP contribution is 2.45. The molecule has 5 nitrogen and oxygen atoms in total. The third-order valence-electron chi connectivity index (χ3n) is 4.10. The molecule has 0 aliphatic heterocycles. The van der Waals surface area contributed by atoms with Gasteiger partial charge in [-0.2, -0.15) is 0 Å². The van der Waals surface area contributed by atoms with Gasteiger partial charge in [0, 0.05) is 18.0 Å². The number of hydrogen-bond acceptors (Lipinski definition) is 5. The van der Waals surface area contributed by atoms with E-state index in [0.717, 1.165) is 30.1 Å². The van der Waals surface area contributed by atoms with Gasteiger partial charge in [-0.25, -0.2) is 0 Å². The van der Waals surface area contributed by atoms with Gasteiger partial charge >= 0.3 is 0 Å². The van der Waals surface area contributed by atoms with E-state index in [1.165, 1.54) is 0 Å². The van der Waals surface area contributed by atoms with E-state index in [-0.39, 0.29) is 0 Å². The Bertz CT molecular complexity index is 824. The molecule has 8 heteroatoms. The summed E-state index contributed by atoms with van der Waals surface area (Å²) in [6.07, 6.45) is 0.610. The minimum absolute atomic E-state index is 0.445. The topological polar surface area (TPSA) is 46.2 Å². The normalized spacial score (nSPS) is 10.7. The van der Waals surface area contributed by atoms with Crippen LogP contribution in [0.3, 0.4) is 0 Å². The molecule has 2 aromatic rings. The van der Waals surface area contributed by atoms with Gasteiger partial charge in [-0.1, -0.05) is 0 Å². The first-order valence-electron chi connectivity index (χ1n) is 7.93. The van der Waals surface area contributed by atoms with Crippen LogP contribution in [0.5, 0.6) is 23.0 Å². The van der Waals surface area contributed by atoms with Crippen molar-refractivity contribution < 1.29 is 23.7 Å². The van der Waals surface area contributed by atoms with Gasteiger partial charge in [-0.3, -0.25) is 0 Å². The molecule has 148 valence electrons. The second-order valence-corrected chi connectivity index (χ2v) is 7.95. The second-order valence-electron chi connectivity index (χ2n) is 5.57. The molecule has 0 atom stereocenters. The average Bonchev–Trinajstić information content (AvgIpc) is 2.67. The molecule has 0 bridgehead atoms. The van der Waals surface area contributed by atoms with Crippen molar-refractivity contribution >= 4 is 47.8 Å². The molecular weight excluding hydrogens is 548 g/mol. The Hall–Kier alpha value is -0.960. The lowest BCUT2D eigenvalue weighted by molar-refractivity contribution is 0.183. The van der Waals surface area contributed by atoms with Crippen molar-refractivity contribution in [3.05, 3.63) is 42.2 Å². The smallest absolute Gasteiger partial charge is 0.176 e. The van der Waals surface area contributed by atoms with Crippen LogP contribution in [0.15, 0.2) is 25.6 Å². The number of hydrogen-bond donors (Lipinski definition) is 0. The van der Waals surface area contributed by atoms with Crippen LogP contribution in [-0.2, 0) is 17.8 Å². The summed E-state index contributed by atoms with van der Waals surface area (Å²) in [4.78, 5) is 0. The number of ether oxygens (including phenoxy) is 5. The molecule has 27 heavy (non-hydrogen) atoms. The maximum absolute atomic E-state index is 5.54. The van der Waals surface area contributed by atoms with Crippen LogP contribution in [0.1, 0.15) is 16.7 Å². The van der Waals surface area contributed by atoms with Gasteiger partial charge in [0.25, 0.3) is 0 Å². The fourth-order valence-corrected chi connectivity index (χ4v) is 4.61. The minimum Gasteiger partial charge on any atom is -0.493 e. The van der Waals surface area contributed by atoms with E-state index in [1.54, 1.807) is 35.5 Å². The highest BCUT2D eigenvalue weighted by molar-refractivity contribution is 9.13. The summed E-state index contributed by atoms with van der Waals surface area (Å²) in [6.45, 7) is 0.445. The van der Waals surface area contributed by atoms with Crippen LogP contribution in [0.2, 0.25) is 0 Å². The lowest BCUT2D eigenvalue weighted by atomic mass is 9.98. The molecular formula is C19H21Br3O5. The molecule has 0 fully saturated rings. The third-order valence-corrected chi connectivity index (χ3v) is 7.13. The molecule has 0 amide bonds. The van der Waals surface area contributed by atoms with E-state index in [2.05, 4.69) is 47.8 Å². The van der Waals surface area contributed by atoms with Gasteiger partial charge in [0.15, 0.2) is 23.0 Å². The van der Waals surface area contributed by atoms with Gasteiger partial charge in [0.1, 0.15) is 0 Å². The monoisotopic (exact) mass is 566 g/mol. The van der Waals surface area contributed by atoms with E-state index >= 15 is 0 Å². The van der Waals surface area contributed by atoms with E-state index in [1.807, 2.05) is 12.1 Å². The van der Waals surface area contributed by atoms with Crippen molar-refractivity contribution in [2.45, 2.75) is 13.0 Å². The fourth-order valence-electron chi connectivity index (χ4n) is 2.81. The fraction of sp³-hybridized carbons (Fsp3) is 0.368. The molecule has 2 aromatic carbocycles. The van der Waals surface area contributed by atoms with Crippen molar-refractivity contribution in [2.24, 2.45) is 0 Å². The highest BCUT2D eigenvalue weighted by atomic mass is 79.9. The molecule has 0 N–H and O–H groups in total. The lowest BCUT2D eigenvalue weighted by Crippen LogP contribution is -2.04. The number of methoxy groups -OCH3 is 5. The summed E-state index contributed by atoms with van der Waals surface area (Å²) in [7, 11) is 8.12. The van der Waals surface area contributed by atoms with Gasteiger partial charge in [0.05, 0.1) is 44.0 Å².